The van der Waals surface area contributed by atoms with Crippen molar-refractivity contribution in [3.63, 3.8) is 0 Å². The Morgan fingerprint density at radius 3 is 2.43 bits per heavy atom. The van der Waals surface area contributed by atoms with Gasteiger partial charge in [0.05, 0.1) is 0 Å². The first kappa shape index (κ1) is 16.4. The van der Waals surface area contributed by atoms with Crippen molar-refractivity contribution in [1.29, 1.82) is 0 Å². The normalized spacial score (nSPS) is 21.0. The Bertz CT molecular complexity index is 416. The second-order valence-corrected chi connectivity index (χ2v) is 7.44. The van der Waals surface area contributed by atoms with Crippen LogP contribution >= 0.6 is 0 Å². The van der Waals surface area contributed by atoms with Crippen molar-refractivity contribution in [1.82, 2.24) is 4.90 Å². The Labute approximate surface area is 130 Å². The average Bonchev–Trinajstić information content (AvgIpc) is 2.65. The summed E-state index contributed by atoms with van der Waals surface area (Å²) in [5, 5.41) is 3.74. The summed E-state index contributed by atoms with van der Waals surface area (Å²) >= 11 is 0. The smallest absolute Gasteiger partial charge is 0.0342 e. The van der Waals surface area contributed by atoms with Gasteiger partial charge in [0.1, 0.15) is 0 Å². The lowest BCUT2D eigenvalue weighted by Gasteiger charge is -2.22. The van der Waals surface area contributed by atoms with Gasteiger partial charge in [-0.25, -0.2) is 0 Å². The first-order valence-electron chi connectivity index (χ1n) is 8.58. The fourth-order valence-corrected chi connectivity index (χ4v) is 3.14. The zero-order valence-electron chi connectivity index (χ0n) is 14.3. The summed E-state index contributed by atoms with van der Waals surface area (Å²) in [6, 6.07) is 9.66. The maximum atomic E-state index is 3.74. The van der Waals surface area contributed by atoms with Crippen molar-refractivity contribution in [2.24, 2.45) is 0 Å². The molecule has 2 heteroatoms. The van der Waals surface area contributed by atoms with Gasteiger partial charge in [0.15, 0.2) is 0 Å². The van der Waals surface area contributed by atoms with E-state index in [0.29, 0.717) is 6.04 Å². The molecule has 1 aliphatic rings. The van der Waals surface area contributed by atoms with Crippen LogP contribution in [0, 0.1) is 0 Å². The van der Waals surface area contributed by atoms with E-state index in [9.17, 15) is 0 Å². The molecule has 1 aliphatic heterocycles. The standard InChI is InChI=1S/C19H32N2/c1-5-13-21-14-6-7-17(12-15-21)20-18-10-8-16(9-11-18)19(2,3)4/h8-11,17,20H,5-7,12-15H2,1-4H3. The quantitative estimate of drug-likeness (QED) is 0.867. The van der Waals surface area contributed by atoms with Crippen LogP contribution in [0.2, 0.25) is 0 Å². The van der Waals surface area contributed by atoms with Crippen molar-refractivity contribution in [2.75, 3.05) is 25.0 Å². The van der Waals surface area contributed by atoms with Gasteiger partial charge in [-0.05, 0) is 61.9 Å². The lowest BCUT2D eigenvalue weighted by atomic mass is 9.87. The van der Waals surface area contributed by atoms with E-state index in [1.807, 2.05) is 0 Å². The summed E-state index contributed by atoms with van der Waals surface area (Å²) in [7, 11) is 0. The number of nitrogens with one attached hydrogen (secondary N) is 1. The third-order valence-corrected chi connectivity index (χ3v) is 4.48. The number of benzene rings is 1. The van der Waals surface area contributed by atoms with E-state index in [1.165, 1.54) is 56.6 Å². The van der Waals surface area contributed by atoms with Gasteiger partial charge in [-0.2, -0.15) is 0 Å². The van der Waals surface area contributed by atoms with Crippen LogP contribution in [0.5, 0.6) is 0 Å². The minimum atomic E-state index is 0.238. The third-order valence-electron chi connectivity index (χ3n) is 4.48. The van der Waals surface area contributed by atoms with Gasteiger partial charge in [0.2, 0.25) is 0 Å². The maximum Gasteiger partial charge on any atom is 0.0342 e. The van der Waals surface area contributed by atoms with Gasteiger partial charge < -0.3 is 10.2 Å². The van der Waals surface area contributed by atoms with E-state index in [2.05, 4.69) is 62.2 Å². The van der Waals surface area contributed by atoms with Gasteiger partial charge >= 0.3 is 0 Å². The topological polar surface area (TPSA) is 15.3 Å². The summed E-state index contributed by atoms with van der Waals surface area (Å²) in [5.41, 5.74) is 2.92. The summed E-state index contributed by atoms with van der Waals surface area (Å²) in [4.78, 5) is 2.62. The molecule has 1 heterocycles. The van der Waals surface area contributed by atoms with Gasteiger partial charge in [0, 0.05) is 18.3 Å². The first-order valence-corrected chi connectivity index (χ1v) is 8.58. The van der Waals surface area contributed by atoms with Crippen LogP contribution in [0.1, 0.15) is 58.9 Å². The number of rotatable bonds is 4. The van der Waals surface area contributed by atoms with E-state index < -0.39 is 0 Å². The van der Waals surface area contributed by atoms with Gasteiger partial charge in [0.25, 0.3) is 0 Å². The van der Waals surface area contributed by atoms with Crippen LogP contribution in [0.25, 0.3) is 0 Å². The lowest BCUT2D eigenvalue weighted by molar-refractivity contribution is 0.285. The fraction of sp³-hybridized carbons (Fsp3) is 0.684. The molecule has 0 aromatic heterocycles. The molecule has 0 aliphatic carbocycles. The molecule has 0 bridgehead atoms. The molecule has 21 heavy (non-hydrogen) atoms. The van der Waals surface area contributed by atoms with E-state index in [4.69, 9.17) is 0 Å². The minimum Gasteiger partial charge on any atom is -0.382 e. The van der Waals surface area contributed by atoms with E-state index in [0.717, 1.165) is 0 Å². The van der Waals surface area contributed by atoms with E-state index >= 15 is 0 Å². The third kappa shape index (κ3) is 5.03. The van der Waals surface area contributed by atoms with Crippen LogP contribution in [-0.4, -0.2) is 30.6 Å². The highest BCUT2D eigenvalue weighted by molar-refractivity contribution is 5.46. The Balaban J connectivity index is 1.89. The summed E-state index contributed by atoms with van der Waals surface area (Å²) in [5.74, 6) is 0. The summed E-state index contributed by atoms with van der Waals surface area (Å²) in [6.07, 6.45) is 5.15. The Morgan fingerprint density at radius 1 is 1.10 bits per heavy atom. The molecule has 1 unspecified atom stereocenters. The van der Waals surface area contributed by atoms with Crippen LogP contribution in [0.3, 0.4) is 0 Å². The van der Waals surface area contributed by atoms with E-state index in [1.54, 1.807) is 0 Å². The molecule has 1 N–H and O–H groups in total. The van der Waals surface area contributed by atoms with Crippen molar-refractivity contribution >= 4 is 5.69 Å². The minimum absolute atomic E-state index is 0.238. The monoisotopic (exact) mass is 288 g/mol. The fourth-order valence-electron chi connectivity index (χ4n) is 3.14. The number of hydrogen-bond acceptors (Lipinski definition) is 2. The molecule has 0 radical (unpaired) electrons. The zero-order valence-corrected chi connectivity index (χ0v) is 14.3. The molecule has 0 amide bonds. The molecule has 1 fully saturated rings. The molecule has 2 rings (SSSR count). The molecule has 118 valence electrons. The number of anilines is 1. The van der Waals surface area contributed by atoms with Gasteiger partial charge in [-0.1, -0.05) is 39.8 Å². The highest BCUT2D eigenvalue weighted by atomic mass is 15.1. The van der Waals surface area contributed by atoms with Crippen molar-refractivity contribution < 1.29 is 0 Å². The van der Waals surface area contributed by atoms with Crippen molar-refractivity contribution in [2.45, 2.75) is 64.8 Å². The molecule has 0 saturated carbocycles. The van der Waals surface area contributed by atoms with Crippen LogP contribution in [0.4, 0.5) is 5.69 Å². The Kier molecular flexibility index (Phi) is 5.69. The average molecular weight is 288 g/mol. The molecular formula is C19H32N2. The molecular weight excluding hydrogens is 256 g/mol. The predicted octanol–water partition coefficient (Wildman–Crippen LogP) is 4.66. The van der Waals surface area contributed by atoms with Crippen LogP contribution < -0.4 is 5.32 Å². The highest BCUT2D eigenvalue weighted by Gasteiger charge is 2.17. The van der Waals surface area contributed by atoms with Gasteiger partial charge in [-0.3, -0.25) is 0 Å². The Morgan fingerprint density at radius 2 is 1.81 bits per heavy atom. The van der Waals surface area contributed by atoms with Crippen molar-refractivity contribution in [3.05, 3.63) is 29.8 Å². The summed E-state index contributed by atoms with van der Waals surface area (Å²) in [6.45, 7) is 12.8. The van der Waals surface area contributed by atoms with E-state index in [-0.39, 0.29) is 5.41 Å². The predicted molar refractivity (Wildman–Crippen MR) is 93.1 cm³/mol. The van der Waals surface area contributed by atoms with Gasteiger partial charge in [-0.15, -0.1) is 0 Å². The number of nitrogens with zero attached hydrogens (tertiary/aromatic N) is 1. The molecule has 1 atom stereocenters. The first-order chi connectivity index (χ1) is 9.99. The zero-order chi connectivity index (χ0) is 15.3. The molecule has 1 aromatic carbocycles. The number of hydrogen-bond donors (Lipinski definition) is 1. The Hall–Kier alpha value is -1.02. The molecule has 1 saturated heterocycles. The van der Waals surface area contributed by atoms with Crippen molar-refractivity contribution in [3.8, 4) is 0 Å². The highest BCUT2D eigenvalue weighted by Crippen LogP contribution is 2.24. The molecule has 1 aromatic rings. The van der Waals surface area contributed by atoms with Crippen LogP contribution in [-0.2, 0) is 5.41 Å². The summed E-state index contributed by atoms with van der Waals surface area (Å²) < 4.78 is 0. The SMILES string of the molecule is CCCN1CCCC(Nc2ccc(C(C)(C)C)cc2)CC1. The maximum absolute atomic E-state index is 3.74. The number of likely N-dealkylation sites (tertiary alicyclic amines) is 1. The molecule has 2 nitrogen and oxygen atoms in total. The molecule has 0 spiro atoms. The lowest BCUT2D eigenvalue weighted by Crippen LogP contribution is -2.27. The van der Waals surface area contributed by atoms with Crippen LogP contribution in [0.15, 0.2) is 24.3 Å². The second kappa shape index (κ2) is 7.31. The second-order valence-electron chi connectivity index (χ2n) is 7.44. The largest absolute Gasteiger partial charge is 0.382 e.